The van der Waals surface area contributed by atoms with E-state index in [-0.39, 0.29) is 12.2 Å². The molecule has 6 heteroatoms. The Morgan fingerprint density at radius 1 is 1.12 bits per heavy atom. The number of esters is 1. The van der Waals surface area contributed by atoms with Crippen LogP contribution >= 0.6 is 0 Å². The van der Waals surface area contributed by atoms with Crippen molar-refractivity contribution < 1.29 is 9.53 Å². The summed E-state index contributed by atoms with van der Waals surface area (Å²) in [6, 6.07) is 10.6. The number of anilines is 1. The van der Waals surface area contributed by atoms with Gasteiger partial charge in [-0.1, -0.05) is 12.1 Å². The molecule has 2 heterocycles. The van der Waals surface area contributed by atoms with Crippen LogP contribution in [0.1, 0.15) is 39.2 Å². The third-order valence-corrected chi connectivity index (χ3v) is 4.70. The average Bonchev–Trinajstić information content (AvgIpc) is 2.69. The SMILES string of the molecule is CCOC(=O)[C@H](C)n1nc(-c2ccc(N3CCCCC3)cc2)ccc1=O. The molecule has 0 unspecified atom stereocenters. The highest BCUT2D eigenvalue weighted by atomic mass is 16.5. The fraction of sp³-hybridized carbons (Fsp3) is 0.450. The Morgan fingerprint density at radius 3 is 2.46 bits per heavy atom. The van der Waals surface area contributed by atoms with Crippen LogP contribution in [0.15, 0.2) is 41.2 Å². The Balaban J connectivity index is 1.84. The maximum absolute atomic E-state index is 12.1. The van der Waals surface area contributed by atoms with Gasteiger partial charge in [-0.25, -0.2) is 9.48 Å². The van der Waals surface area contributed by atoms with E-state index in [1.54, 1.807) is 19.9 Å². The summed E-state index contributed by atoms with van der Waals surface area (Å²) in [6.07, 6.45) is 3.78. The molecule has 138 valence electrons. The number of carbonyl (C=O) groups excluding carboxylic acids is 1. The molecule has 1 atom stereocenters. The first kappa shape index (κ1) is 18.2. The van der Waals surface area contributed by atoms with Crippen molar-refractivity contribution in [2.24, 2.45) is 0 Å². The van der Waals surface area contributed by atoms with E-state index in [9.17, 15) is 9.59 Å². The van der Waals surface area contributed by atoms with Crippen molar-refractivity contribution in [2.75, 3.05) is 24.6 Å². The molecule has 1 aromatic heterocycles. The highest BCUT2D eigenvalue weighted by Gasteiger charge is 2.19. The third-order valence-electron chi connectivity index (χ3n) is 4.70. The first-order valence-corrected chi connectivity index (χ1v) is 9.22. The summed E-state index contributed by atoms with van der Waals surface area (Å²) < 4.78 is 6.18. The van der Waals surface area contributed by atoms with Crippen molar-refractivity contribution in [1.82, 2.24) is 9.78 Å². The van der Waals surface area contributed by atoms with Crippen LogP contribution in [0.3, 0.4) is 0 Å². The fourth-order valence-electron chi connectivity index (χ4n) is 3.21. The van der Waals surface area contributed by atoms with E-state index in [1.807, 2.05) is 12.1 Å². The summed E-state index contributed by atoms with van der Waals surface area (Å²) >= 11 is 0. The molecule has 0 bridgehead atoms. The van der Waals surface area contributed by atoms with Crippen LogP contribution in [0.5, 0.6) is 0 Å². The molecule has 26 heavy (non-hydrogen) atoms. The first-order valence-electron chi connectivity index (χ1n) is 9.22. The zero-order valence-corrected chi connectivity index (χ0v) is 15.4. The van der Waals surface area contributed by atoms with Crippen molar-refractivity contribution >= 4 is 11.7 Å². The van der Waals surface area contributed by atoms with Gasteiger partial charge in [-0.05, 0) is 51.3 Å². The predicted octanol–water partition coefficient (Wildman–Crippen LogP) is 3.02. The summed E-state index contributed by atoms with van der Waals surface area (Å²) in [4.78, 5) is 26.4. The molecular formula is C20H25N3O3. The smallest absolute Gasteiger partial charge is 0.330 e. The second-order valence-corrected chi connectivity index (χ2v) is 6.52. The minimum absolute atomic E-state index is 0.273. The molecule has 0 N–H and O–H groups in total. The van der Waals surface area contributed by atoms with Gasteiger partial charge in [-0.15, -0.1) is 0 Å². The standard InChI is InChI=1S/C20H25N3O3/c1-3-26-20(25)15(2)23-19(24)12-11-18(21-23)16-7-9-17(10-8-16)22-13-5-4-6-14-22/h7-12,15H,3-6,13-14H2,1-2H3/t15-/m0/s1. The monoisotopic (exact) mass is 355 g/mol. The molecule has 1 aromatic carbocycles. The number of rotatable bonds is 5. The van der Waals surface area contributed by atoms with E-state index < -0.39 is 12.0 Å². The van der Waals surface area contributed by atoms with Crippen LogP contribution in [0.2, 0.25) is 0 Å². The Bertz CT molecular complexity index is 808. The van der Waals surface area contributed by atoms with Gasteiger partial charge in [0.1, 0.15) is 0 Å². The minimum atomic E-state index is -0.755. The number of piperidine rings is 1. The first-order chi connectivity index (χ1) is 12.6. The van der Waals surface area contributed by atoms with Crippen LogP contribution in [0.25, 0.3) is 11.3 Å². The molecular weight excluding hydrogens is 330 g/mol. The Morgan fingerprint density at radius 2 is 1.81 bits per heavy atom. The van der Waals surface area contributed by atoms with Crippen LogP contribution in [0.4, 0.5) is 5.69 Å². The molecule has 1 saturated heterocycles. The van der Waals surface area contributed by atoms with E-state index in [4.69, 9.17) is 4.74 Å². The van der Waals surface area contributed by atoms with Crippen LogP contribution in [0, 0.1) is 0 Å². The lowest BCUT2D eigenvalue weighted by molar-refractivity contribution is -0.147. The molecule has 0 spiro atoms. The van der Waals surface area contributed by atoms with Gasteiger partial charge in [0.25, 0.3) is 5.56 Å². The highest BCUT2D eigenvalue weighted by molar-refractivity contribution is 5.73. The van der Waals surface area contributed by atoms with Gasteiger partial charge in [0.15, 0.2) is 6.04 Å². The fourth-order valence-corrected chi connectivity index (χ4v) is 3.21. The predicted molar refractivity (Wildman–Crippen MR) is 101 cm³/mol. The number of ether oxygens (including phenoxy) is 1. The summed E-state index contributed by atoms with van der Waals surface area (Å²) in [5, 5.41) is 4.38. The van der Waals surface area contributed by atoms with Gasteiger partial charge in [-0.3, -0.25) is 4.79 Å². The van der Waals surface area contributed by atoms with Crippen LogP contribution in [-0.2, 0) is 9.53 Å². The Hall–Kier alpha value is -2.63. The quantitative estimate of drug-likeness (QED) is 0.772. The molecule has 0 radical (unpaired) electrons. The van der Waals surface area contributed by atoms with Crippen molar-refractivity contribution in [3.05, 3.63) is 46.8 Å². The van der Waals surface area contributed by atoms with Crippen molar-refractivity contribution in [1.29, 1.82) is 0 Å². The molecule has 1 fully saturated rings. The molecule has 0 aliphatic carbocycles. The zero-order valence-electron chi connectivity index (χ0n) is 15.4. The number of hydrogen-bond acceptors (Lipinski definition) is 5. The number of nitrogens with zero attached hydrogens (tertiary/aromatic N) is 3. The number of hydrogen-bond donors (Lipinski definition) is 0. The summed E-state index contributed by atoms with van der Waals surface area (Å²) in [5.41, 5.74) is 2.46. The van der Waals surface area contributed by atoms with Gasteiger partial charge in [0, 0.05) is 30.4 Å². The molecule has 0 saturated carbocycles. The second kappa shape index (κ2) is 8.17. The average molecular weight is 355 g/mol. The summed E-state index contributed by atoms with van der Waals surface area (Å²) in [5.74, 6) is -0.459. The van der Waals surface area contributed by atoms with E-state index in [0.717, 1.165) is 18.7 Å². The summed E-state index contributed by atoms with van der Waals surface area (Å²) in [6.45, 7) is 5.82. The molecule has 2 aromatic rings. The Kier molecular flexibility index (Phi) is 5.71. The van der Waals surface area contributed by atoms with E-state index in [0.29, 0.717) is 5.69 Å². The second-order valence-electron chi connectivity index (χ2n) is 6.52. The van der Waals surface area contributed by atoms with Crippen LogP contribution in [-0.4, -0.2) is 35.4 Å². The number of benzene rings is 1. The maximum Gasteiger partial charge on any atom is 0.330 e. The number of aromatic nitrogens is 2. The van der Waals surface area contributed by atoms with Crippen molar-refractivity contribution in [3.63, 3.8) is 0 Å². The van der Waals surface area contributed by atoms with E-state index in [2.05, 4.69) is 22.1 Å². The van der Waals surface area contributed by atoms with Gasteiger partial charge < -0.3 is 9.64 Å². The molecule has 3 rings (SSSR count). The largest absolute Gasteiger partial charge is 0.464 e. The topological polar surface area (TPSA) is 64.4 Å². The molecule has 1 aliphatic heterocycles. The van der Waals surface area contributed by atoms with Gasteiger partial charge in [-0.2, -0.15) is 5.10 Å². The zero-order chi connectivity index (χ0) is 18.5. The third kappa shape index (κ3) is 3.95. The normalized spacial score (nSPS) is 15.5. The van der Waals surface area contributed by atoms with Crippen LogP contribution < -0.4 is 10.5 Å². The summed E-state index contributed by atoms with van der Waals surface area (Å²) in [7, 11) is 0. The maximum atomic E-state index is 12.1. The lowest BCUT2D eigenvalue weighted by Gasteiger charge is -2.28. The lowest BCUT2D eigenvalue weighted by atomic mass is 10.1. The van der Waals surface area contributed by atoms with Crippen molar-refractivity contribution in [3.8, 4) is 11.3 Å². The highest BCUT2D eigenvalue weighted by Crippen LogP contribution is 2.24. The lowest BCUT2D eigenvalue weighted by Crippen LogP contribution is -2.31. The van der Waals surface area contributed by atoms with E-state index in [1.165, 1.54) is 35.7 Å². The van der Waals surface area contributed by atoms with Gasteiger partial charge >= 0.3 is 5.97 Å². The Labute approximate surface area is 153 Å². The van der Waals surface area contributed by atoms with E-state index >= 15 is 0 Å². The number of carbonyl (C=O) groups is 1. The molecule has 0 amide bonds. The van der Waals surface area contributed by atoms with Crippen molar-refractivity contribution in [2.45, 2.75) is 39.2 Å². The van der Waals surface area contributed by atoms with Gasteiger partial charge in [0.05, 0.1) is 12.3 Å². The minimum Gasteiger partial charge on any atom is -0.464 e. The molecule has 1 aliphatic rings. The van der Waals surface area contributed by atoms with Gasteiger partial charge in [0.2, 0.25) is 0 Å². The molecule has 6 nitrogen and oxygen atoms in total.